The minimum Gasteiger partial charge on any atom is -0.497 e. The lowest BCUT2D eigenvalue weighted by Crippen LogP contribution is -2.53. The van der Waals surface area contributed by atoms with Crippen LogP contribution in [-0.2, 0) is 0 Å². The predicted octanol–water partition coefficient (Wildman–Crippen LogP) is 2.95. The van der Waals surface area contributed by atoms with E-state index < -0.39 is 0 Å². The Balaban J connectivity index is 1.32. The molecule has 2 fully saturated rings. The number of hydrogen-bond acceptors (Lipinski definition) is 3. The zero-order valence-corrected chi connectivity index (χ0v) is 16.1. The summed E-state index contributed by atoms with van der Waals surface area (Å²) in [5.74, 6) is 2.55. The van der Waals surface area contributed by atoms with Gasteiger partial charge in [0, 0.05) is 56.9 Å². The van der Waals surface area contributed by atoms with Crippen LogP contribution in [0.2, 0.25) is 0 Å². The first kappa shape index (κ1) is 17.7. The van der Waals surface area contributed by atoms with Gasteiger partial charge in [-0.2, -0.15) is 0 Å². The monoisotopic (exact) mass is 364 g/mol. The van der Waals surface area contributed by atoms with E-state index >= 15 is 0 Å². The van der Waals surface area contributed by atoms with Gasteiger partial charge in [-0.1, -0.05) is 36.4 Å². The smallest absolute Gasteiger partial charge is 0.194 e. The minimum absolute atomic E-state index is 0.502. The Bertz CT molecular complexity index is 784. The summed E-state index contributed by atoms with van der Waals surface area (Å²) >= 11 is 0. The molecular weight excluding hydrogens is 336 g/mol. The molecule has 0 radical (unpaired) electrons. The van der Waals surface area contributed by atoms with Crippen LogP contribution in [0.25, 0.3) is 0 Å². The van der Waals surface area contributed by atoms with Gasteiger partial charge in [0.1, 0.15) is 5.75 Å². The van der Waals surface area contributed by atoms with Crippen LogP contribution < -0.4 is 15.0 Å². The molecule has 1 aliphatic heterocycles. The number of hydrogen-bond donors (Lipinski definition) is 1. The Labute approximate surface area is 161 Å². The van der Waals surface area contributed by atoms with Crippen molar-refractivity contribution in [3.05, 3.63) is 60.2 Å². The second kappa shape index (κ2) is 7.91. The highest BCUT2D eigenvalue weighted by molar-refractivity contribution is 5.81. The molecule has 2 aromatic carbocycles. The highest BCUT2D eigenvalue weighted by Gasteiger charge is 2.39. The van der Waals surface area contributed by atoms with Crippen LogP contribution >= 0.6 is 0 Å². The van der Waals surface area contributed by atoms with Crippen molar-refractivity contribution in [2.45, 2.75) is 18.4 Å². The van der Waals surface area contributed by atoms with Crippen LogP contribution in [0, 0.1) is 0 Å². The fraction of sp³-hybridized carbons (Fsp3) is 0.409. The number of aliphatic imine (C=N–C) groups is 1. The summed E-state index contributed by atoms with van der Waals surface area (Å²) in [6.07, 6.45) is 1.19. The molecule has 0 bridgehead atoms. The fourth-order valence-electron chi connectivity index (χ4n) is 3.87. The van der Waals surface area contributed by atoms with Crippen LogP contribution in [-0.4, -0.2) is 57.2 Å². The molecule has 2 aliphatic rings. The lowest BCUT2D eigenvalue weighted by molar-refractivity contribution is 0.371. The minimum atomic E-state index is 0.502. The van der Waals surface area contributed by atoms with Gasteiger partial charge in [-0.25, -0.2) is 0 Å². The first-order chi connectivity index (χ1) is 13.3. The Morgan fingerprint density at radius 2 is 1.81 bits per heavy atom. The van der Waals surface area contributed by atoms with Gasteiger partial charge in [0.2, 0.25) is 0 Å². The average molecular weight is 364 g/mol. The van der Waals surface area contributed by atoms with Crippen LogP contribution in [0.5, 0.6) is 5.75 Å². The van der Waals surface area contributed by atoms with Gasteiger partial charge < -0.3 is 19.9 Å². The quantitative estimate of drug-likeness (QED) is 0.669. The molecule has 1 heterocycles. The number of nitrogens with one attached hydrogen (secondary N) is 1. The second-order valence-corrected chi connectivity index (χ2v) is 7.23. The summed E-state index contributed by atoms with van der Waals surface area (Å²) in [5.41, 5.74) is 2.65. The fourth-order valence-corrected chi connectivity index (χ4v) is 3.87. The molecule has 5 heteroatoms. The second-order valence-electron chi connectivity index (χ2n) is 7.23. The van der Waals surface area contributed by atoms with Crippen LogP contribution in [0.1, 0.15) is 17.9 Å². The van der Waals surface area contributed by atoms with Gasteiger partial charge in [-0.3, -0.25) is 4.99 Å². The summed E-state index contributed by atoms with van der Waals surface area (Å²) in [6, 6.07) is 19.6. The van der Waals surface area contributed by atoms with Crippen LogP contribution in [0.15, 0.2) is 59.6 Å². The molecule has 27 heavy (non-hydrogen) atoms. The maximum atomic E-state index is 5.35. The number of methoxy groups -OCH3 is 1. The Morgan fingerprint density at radius 3 is 2.52 bits per heavy atom. The lowest BCUT2D eigenvalue weighted by Gasteiger charge is -2.37. The largest absolute Gasteiger partial charge is 0.497 e. The molecule has 2 atom stereocenters. The molecule has 0 spiro atoms. The summed E-state index contributed by atoms with van der Waals surface area (Å²) in [7, 11) is 3.60. The highest BCUT2D eigenvalue weighted by Crippen LogP contribution is 2.40. The molecule has 142 valence electrons. The molecule has 1 N–H and O–H groups in total. The van der Waals surface area contributed by atoms with E-state index in [2.05, 4.69) is 68.6 Å². The van der Waals surface area contributed by atoms with Gasteiger partial charge in [-0.05, 0) is 24.1 Å². The van der Waals surface area contributed by atoms with E-state index in [1.165, 1.54) is 17.7 Å². The van der Waals surface area contributed by atoms with Crippen molar-refractivity contribution in [2.24, 2.45) is 4.99 Å². The van der Waals surface area contributed by atoms with Gasteiger partial charge in [0.05, 0.1) is 7.11 Å². The third kappa shape index (κ3) is 4.02. The first-order valence-corrected chi connectivity index (χ1v) is 9.70. The van der Waals surface area contributed by atoms with Gasteiger partial charge in [0.25, 0.3) is 0 Å². The van der Waals surface area contributed by atoms with Crippen molar-refractivity contribution >= 4 is 11.6 Å². The van der Waals surface area contributed by atoms with Crippen LogP contribution in [0.4, 0.5) is 5.69 Å². The summed E-state index contributed by atoms with van der Waals surface area (Å²) in [5, 5.41) is 3.67. The van der Waals surface area contributed by atoms with Gasteiger partial charge in [-0.15, -0.1) is 0 Å². The van der Waals surface area contributed by atoms with Crippen molar-refractivity contribution in [3.8, 4) is 5.75 Å². The third-order valence-electron chi connectivity index (χ3n) is 5.54. The molecule has 1 saturated heterocycles. The number of anilines is 1. The summed E-state index contributed by atoms with van der Waals surface area (Å²) < 4.78 is 5.35. The van der Waals surface area contributed by atoms with E-state index in [0.717, 1.165) is 37.9 Å². The molecule has 2 aromatic rings. The molecule has 1 saturated carbocycles. The normalized spacial score (nSPS) is 22.5. The number of ether oxygens (including phenoxy) is 1. The van der Waals surface area contributed by atoms with Crippen molar-refractivity contribution < 1.29 is 4.74 Å². The molecule has 4 rings (SSSR count). The number of rotatable bonds is 4. The van der Waals surface area contributed by atoms with Gasteiger partial charge in [0.15, 0.2) is 5.96 Å². The van der Waals surface area contributed by atoms with E-state index in [1.54, 1.807) is 7.11 Å². The number of guanidine groups is 1. The van der Waals surface area contributed by atoms with E-state index in [0.29, 0.717) is 12.0 Å². The predicted molar refractivity (Wildman–Crippen MR) is 111 cm³/mol. The summed E-state index contributed by atoms with van der Waals surface area (Å²) in [4.78, 5) is 9.32. The number of nitrogens with zero attached hydrogens (tertiary/aromatic N) is 3. The van der Waals surface area contributed by atoms with Crippen molar-refractivity contribution in [1.82, 2.24) is 10.2 Å². The summed E-state index contributed by atoms with van der Waals surface area (Å²) in [6.45, 7) is 3.92. The van der Waals surface area contributed by atoms with E-state index in [4.69, 9.17) is 4.74 Å². The molecule has 0 amide bonds. The Kier molecular flexibility index (Phi) is 5.19. The SMILES string of the molecule is CN=C(NC1CC1c1ccccc1)N1CCN(c2cccc(OC)c2)CC1. The van der Waals surface area contributed by atoms with Crippen molar-refractivity contribution in [2.75, 3.05) is 45.2 Å². The van der Waals surface area contributed by atoms with Crippen LogP contribution in [0.3, 0.4) is 0 Å². The Hall–Kier alpha value is -2.69. The maximum absolute atomic E-state index is 5.35. The number of benzene rings is 2. The number of piperazine rings is 1. The van der Waals surface area contributed by atoms with Gasteiger partial charge >= 0.3 is 0 Å². The zero-order chi connectivity index (χ0) is 18.6. The zero-order valence-electron chi connectivity index (χ0n) is 16.1. The van der Waals surface area contributed by atoms with Crippen molar-refractivity contribution in [3.63, 3.8) is 0 Å². The maximum Gasteiger partial charge on any atom is 0.194 e. The Morgan fingerprint density at radius 1 is 1.04 bits per heavy atom. The molecule has 2 unspecified atom stereocenters. The first-order valence-electron chi connectivity index (χ1n) is 9.70. The average Bonchev–Trinajstić information content (AvgIpc) is 3.52. The van der Waals surface area contributed by atoms with Crippen molar-refractivity contribution in [1.29, 1.82) is 0 Å². The third-order valence-corrected chi connectivity index (χ3v) is 5.54. The lowest BCUT2D eigenvalue weighted by atomic mass is 10.1. The van der Waals surface area contributed by atoms with E-state index in [1.807, 2.05) is 13.1 Å². The standard InChI is InChI=1S/C22H28N4O/c1-23-22(24-21-16-20(21)17-7-4-3-5-8-17)26-13-11-25(12-14-26)18-9-6-10-19(15-18)27-2/h3-10,15,20-21H,11-14,16H2,1-2H3,(H,23,24). The molecule has 1 aliphatic carbocycles. The molecule has 5 nitrogen and oxygen atoms in total. The van der Waals surface area contributed by atoms with E-state index in [9.17, 15) is 0 Å². The van der Waals surface area contributed by atoms with E-state index in [-0.39, 0.29) is 0 Å². The highest BCUT2D eigenvalue weighted by atomic mass is 16.5. The molecular formula is C22H28N4O. The topological polar surface area (TPSA) is 40.1 Å². The molecule has 0 aromatic heterocycles.